The summed E-state index contributed by atoms with van der Waals surface area (Å²) in [6.45, 7) is 6.86. The van der Waals surface area contributed by atoms with E-state index < -0.39 is 0 Å². The summed E-state index contributed by atoms with van der Waals surface area (Å²) in [6.07, 6.45) is 1.61. The zero-order valence-corrected chi connectivity index (χ0v) is 12.9. The standard InChI is InChI=1S/C14H19BrN4/c1-11(2)7-16-8-14-17-10-18-19(14)9-12-5-3-4-6-13(12)15/h3-6,10-11,16H,7-9H2,1-2H3. The second-order valence-corrected chi connectivity index (χ2v) is 5.80. The molecule has 1 aromatic heterocycles. The highest BCUT2D eigenvalue weighted by molar-refractivity contribution is 9.10. The van der Waals surface area contributed by atoms with E-state index in [4.69, 9.17) is 0 Å². The first-order chi connectivity index (χ1) is 9.16. The number of halogens is 1. The summed E-state index contributed by atoms with van der Waals surface area (Å²) in [6, 6.07) is 8.19. The van der Waals surface area contributed by atoms with Gasteiger partial charge in [-0.05, 0) is 24.1 Å². The van der Waals surface area contributed by atoms with Gasteiger partial charge < -0.3 is 5.32 Å². The lowest BCUT2D eigenvalue weighted by Gasteiger charge is -2.10. The lowest BCUT2D eigenvalue weighted by Crippen LogP contribution is -2.22. The molecule has 0 bridgehead atoms. The number of aromatic nitrogens is 3. The highest BCUT2D eigenvalue weighted by atomic mass is 79.9. The molecule has 1 aromatic carbocycles. The molecule has 1 N–H and O–H groups in total. The van der Waals surface area contributed by atoms with Gasteiger partial charge in [0.2, 0.25) is 0 Å². The Morgan fingerprint density at radius 1 is 1.32 bits per heavy atom. The van der Waals surface area contributed by atoms with Gasteiger partial charge in [0, 0.05) is 4.47 Å². The molecule has 19 heavy (non-hydrogen) atoms. The number of nitrogens with zero attached hydrogens (tertiary/aromatic N) is 3. The quantitative estimate of drug-likeness (QED) is 0.889. The van der Waals surface area contributed by atoms with Crippen LogP contribution in [-0.2, 0) is 13.1 Å². The predicted molar refractivity (Wildman–Crippen MR) is 79.8 cm³/mol. The van der Waals surface area contributed by atoms with E-state index in [1.54, 1.807) is 6.33 Å². The molecule has 102 valence electrons. The second kappa shape index (κ2) is 6.82. The van der Waals surface area contributed by atoms with Crippen molar-refractivity contribution in [1.82, 2.24) is 20.1 Å². The Morgan fingerprint density at radius 3 is 2.84 bits per heavy atom. The second-order valence-electron chi connectivity index (χ2n) is 4.95. The van der Waals surface area contributed by atoms with Gasteiger partial charge in [0.25, 0.3) is 0 Å². The highest BCUT2D eigenvalue weighted by Crippen LogP contribution is 2.17. The minimum Gasteiger partial charge on any atom is -0.310 e. The molecular weight excluding hydrogens is 304 g/mol. The largest absolute Gasteiger partial charge is 0.310 e. The fourth-order valence-electron chi connectivity index (χ4n) is 1.82. The molecule has 0 unspecified atom stereocenters. The third kappa shape index (κ3) is 4.14. The summed E-state index contributed by atoms with van der Waals surface area (Å²) in [5.41, 5.74) is 1.21. The Morgan fingerprint density at radius 2 is 2.11 bits per heavy atom. The molecule has 1 heterocycles. The molecule has 0 aliphatic carbocycles. The van der Waals surface area contributed by atoms with E-state index >= 15 is 0 Å². The van der Waals surface area contributed by atoms with Gasteiger partial charge in [-0.2, -0.15) is 5.10 Å². The summed E-state index contributed by atoms with van der Waals surface area (Å²) >= 11 is 3.56. The summed E-state index contributed by atoms with van der Waals surface area (Å²) < 4.78 is 3.04. The third-order valence-electron chi connectivity index (χ3n) is 2.81. The van der Waals surface area contributed by atoms with E-state index in [1.807, 2.05) is 22.9 Å². The fourth-order valence-corrected chi connectivity index (χ4v) is 2.23. The van der Waals surface area contributed by atoms with Gasteiger partial charge >= 0.3 is 0 Å². The van der Waals surface area contributed by atoms with E-state index in [9.17, 15) is 0 Å². The first-order valence-electron chi connectivity index (χ1n) is 6.47. The van der Waals surface area contributed by atoms with E-state index in [2.05, 4.69) is 51.2 Å². The maximum absolute atomic E-state index is 4.31. The molecule has 0 spiro atoms. The van der Waals surface area contributed by atoms with Crippen LogP contribution in [0.15, 0.2) is 35.1 Å². The van der Waals surface area contributed by atoms with Crippen molar-refractivity contribution in [2.45, 2.75) is 26.9 Å². The van der Waals surface area contributed by atoms with Gasteiger partial charge in [-0.15, -0.1) is 0 Å². The Bertz CT molecular complexity index is 522. The SMILES string of the molecule is CC(C)CNCc1ncnn1Cc1ccccc1Br. The summed E-state index contributed by atoms with van der Waals surface area (Å²) in [4.78, 5) is 4.31. The minimum atomic E-state index is 0.639. The van der Waals surface area contributed by atoms with E-state index in [0.717, 1.165) is 29.9 Å². The molecule has 2 rings (SSSR count). The van der Waals surface area contributed by atoms with Crippen LogP contribution in [0.25, 0.3) is 0 Å². The zero-order chi connectivity index (χ0) is 13.7. The van der Waals surface area contributed by atoms with Crippen LogP contribution in [0.4, 0.5) is 0 Å². The molecule has 0 atom stereocenters. The summed E-state index contributed by atoms with van der Waals surface area (Å²) in [7, 11) is 0. The van der Waals surface area contributed by atoms with Crippen molar-refractivity contribution in [1.29, 1.82) is 0 Å². The number of hydrogen-bond donors (Lipinski definition) is 1. The third-order valence-corrected chi connectivity index (χ3v) is 3.58. The minimum absolute atomic E-state index is 0.639. The fraction of sp³-hybridized carbons (Fsp3) is 0.429. The maximum atomic E-state index is 4.31. The van der Waals surface area contributed by atoms with Gasteiger partial charge in [0.15, 0.2) is 0 Å². The molecule has 4 nitrogen and oxygen atoms in total. The highest BCUT2D eigenvalue weighted by Gasteiger charge is 2.07. The number of rotatable bonds is 6. The lowest BCUT2D eigenvalue weighted by atomic mass is 10.2. The molecule has 0 fully saturated rings. The van der Waals surface area contributed by atoms with Crippen molar-refractivity contribution in [3.05, 3.63) is 46.5 Å². The van der Waals surface area contributed by atoms with Crippen molar-refractivity contribution >= 4 is 15.9 Å². The van der Waals surface area contributed by atoms with Crippen LogP contribution in [-0.4, -0.2) is 21.3 Å². The Balaban J connectivity index is 2.01. The Labute approximate surface area is 122 Å². The van der Waals surface area contributed by atoms with Crippen molar-refractivity contribution in [3.8, 4) is 0 Å². The van der Waals surface area contributed by atoms with Crippen molar-refractivity contribution in [2.75, 3.05) is 6.54 Å². The van der Waals surface area contributed by atoms with Crippen molar-refractivity contribution in [2.24, 2.45) is 5.92 Å². The van der Waals surface area contributed by atoms with E-state index in [1.165, 1.54) is 5.56 Å². The zero-order valence-electron chi connectivity index (χ0n) is 11.3. The average Bonchev–Trinajstić information content (AvgIpc) is 2.79. The molecule has 0 aliphatic rings. The molecule has 2 aromatic rings. The Kier molecular flexibility index (Phi) is 5.10. The molecule has 0 saturated heterocycles. The smallest absolute Gasteiger partial charge is 0.141 e. The van der Waals surface area contributed by atoms with E-state index in [0.29, 0.717) is 5.92 Å². The van der Waals surface area contributed by atoms with Crippen LogP contribution in [0.1, 0.15) is 25.2 Å². The summed E-state index contributed by atoms with van der Waals surface area (Å²) in [5, 5.41) is 7.69. The van der Waals surface area contributed by atoms with Crippen LogP contribution < -0.4 is 5.32 Å². The molecular formula is C14H19BrN4. The van der Waals surface area contributed by atoms with Gasteiger partial charge in [-0.1, -0.05) is 48.0 Å². The van der Waals surface area contributed by atoms with Crippen molar-refractivity contribution < 1.29 is 0 Å². The normalized spacial score (nSPS) is 11.2. The van der Waals surface area contributed by atoms with Crippen LogP contribution in [0.2, 0.25) is 0 Å². The first-order valence-corrected chi connectivity index (χ1v) is 7.27. The molecule has 0 radical (unpaired) electrons. The van der Waals surface area contributed by atoms with Crippen LogP contribution in [0.5, 0.6) is 0 Å². The molecule has 0 saturated carbocycles. The maximum Gasteiger partial charge on any atom is 0.141 e. The lowest BCUT2D eigenvalue weighted by molar-refractivity contribution is 0.523. The van der Waals surface area contributed by atoms with Gasteiger partial charge in [0.1, 0.15) is 12.2 Å². The van der Waals surface area contributed by atoms with Gasteiger partial charge in [-0.25, -0.2) is 9.67 Å². The van der Waals surface area contributed by atoms with Crippen LogP contribution >= 0.6 is 15.9 Å². The number of benzene rings is 1. The summed E-state index contributed by atoms with van der Waals surface area (Å²) in [5.74, 6) is 1.61. The van der Waals surface area contributed by atoms with Gasteiger partial charge in [0.05, 0.1) is 13.1 Å². The molecule has 0 amide bonds. The van der Waals surface area contributed by atoms with Crippen LogP contribution in [0.3, 0.4) is 0 Å². The topological polar surface area (TPSA) is 42.7 Å². The first kappa shape index (κ1) is 14.2. The number of hydrogen-bond acceptors (Lipinski definition) is 3. The van der Waals surface area contributed by atoms with Crippen LogP contribution in [0, 0.1) is 5.92 Å². The van der Waals surface area contributed by atoms with E-state index in [-0.39, 0.29) is 0 Å². The Hall–Kier alpha value is -1.20. The van der Waals surface area contributed by atoms with Gasteiger partial charge in [-0.3, -0.25) is 0 Å². The monoisotopic (exact) mass is 322 g/mol. The number of nitrogens with one attached hydrogen (secondary N) is 1. The predicted octanol–water partition coefficient (Wildman–Crippen LogP) is 2.83. The molecule has 5 heteroatoms. The van der Waals surface area contributed by atoms with Crippen molar-refractivity contribution in [3.63, 3.8) is 0 Å². The molecule has 0 aliphatic heterocycles. The average molecular weight is 323 g/mol.